The second kappa shape index (κ2) is 9.41. The highest BCUT2D eigenvalue weighted by molar-refractivity contribution is 5.16. The van der Waals surface area contributed by atoms with Crippen molar-refractivity contribution in [1.82, 2.24) is 0 Å². The lowest BCUT2D eigenvalue weighted by molar-refractivity contribution is -0.365. The lowest BCUT2D eigenvalue weighted by Crippen LogP contribution is -2.63. The van der Waals surface area contributed by atoms with E-state index in [1.807, 2.05) is 30.3 Å². The summed E-state index contributed by atoms with van der Waals surface area (Å²) in [5.41, 5.74) is 0.950. The van der Waals surface area contributed by atoms with Gasteiger partial charge in [-0.05, 0) is 0 Å². The molecule has 0 aliphatic carbocycles. The molecule has 2 saturated heterocycles. The number of hydrogen-bond donors (Lipinski definition) is 0. The highest BCUT2D eigenvalue weighted by Crippen LogP contribution is 2.36. The topological polar surface area (TPSA) is 55.4 Å². The second-order valence-corrected chi connectivity index (χ2v) is 6.13. The number of benzene rings is 1. The predicted octanol–water partition coefficient (Wildman–Crippen LogP) is 2.61. The fourth-order valence-corrected chi connectivity index (χ4v) is 3.24. The maximum atomic E-state index is 6.22. The van der Waals surface area contributed by atoms with Gasteiger partial charge in [-0.25, -0.2) is 0 Å². The SMILES string of the molecule is C=CCO[C@@H]1[C@H](OCC=C)[C@@H](OC)O[C@@H]2CO[C@@H](c3ccccc3)O[C@@H]12. The first-order valence-corrected chi connectivity index (χ1v) is 8.73. The first-order chi connectivity index (χ1) is 12.8. The Morgan fingerprint density at radius 2 is 1.73 bits per heavy atom. The zero-order chi connectivity index (χ0) is 18.4. The van der Waals surface area contributed by atoms with Crippen molar-refractivity contribution >= 4 is 0 Å². The molecule has 0 radical (unpaired) electrons. The van der Waals surface area contributed by atoms with Crippen molar-refractivity contribution in [3.8, 4) is 0 Å². The van der Waals surface area contributed by atoms with Gasteiger partial charge in [0.2, 0.25) is 0 Å². The summed E-state index contributed by atoms with van der Waals surface area (Å²) in [5, 5.41) is 0. The van der Waals surface area contributed by atoms with Crippen molar-refractivity contribution in [2.45, 2.75) is 37.0 Å². The third-order valence-electron chi connectivity index (χ3n) is 4.40. The number of rotatable bonds is 8. The molecule has 0 spiro atoms. The minimum atomic E-state index is -0.577. The van der Waals surface area contributed by atoms with Gasteiger partial charge in [0.15, 0.2) is 12.6 Å². The van der Waals surface area contributed by atoms with Crippen molar-refractivity contribution in [2.24, 2.45) is 0 Å². The summed E-state index contributed by atoms with van der Waals surface area (Å²) in [6.07, 6.45) is 0.835. The van der Waals surface area contributed by atoms with Gasteiger partial charge in [-0.3, -0.25) is 0 Å². The fraction of sp³-hybridized carbons (Fsp3) is 0.500. The van der Waals surface area contributed by atoms with E-state index in [1.54, 1.807) is 19.3 Å². The van der Waals surface area contributed by atoms with Gasteiger partial charge in [-0.2, -0.15) is 0 Å². The van der Waals surface area contributed by atoms with E-state index >= 15 is 0 Å². The van der Waals surface area contributed by atoms with Crippen molar-refractivity contribution in [1.29, 1.82) is 0 Å². The number of fused-ring (bicyclic) bond motifs is 1. The van der Waals surface area contributed by atoms with Crippen LogP contribution in [0.25, 0.3) is 0 Å². The van der Waals surface area contributed by atoms with Crippen LogP contribution >= 0.6 is 0 Å². The Balaban J connectivity index is 1.81. The van der Waals surface area contributed by atoms with E-state index in [0.717, 1.165) is 5.56 Å². The summed E-state index contributed by atoms with van der Waals surface area (Å²) in [7, 11) is 1.58. The van der Waals surface area contributed by atoms with Crippen LogP contribution in [0.3, 0.4) is 0 Å². The van der Waals surface area contributed by atoms with Crippen LogP contribution in [-0.4, -0.2) is 57.6 Å². The molecule has 1 aromatic rings. The molecule has 0 saturated carbocycles. The summed E-state index contributed by atoms with van der Waals surface area (Å²) >= 11 is 0. The molecule has 0 amide bonds. The van der Waals surface area contributed by atoms with Crippen LogP contribution in [0, 0.1) is 0 Å². The maximum Gasteiger partial charge on any atom is 0.186 e. The largest absolute Gasteiger partial charge is 0.368 e. The third kappa shape index (κ3) is 4.23. The Labute approximate surface area is 154 Å². The Kier molecular flexibility index (Phi) is 6.96. The lowest BCUT2D eigenvalue weighted by atomic mass is 9.97. The molecule has 2 fully saturated rings. The molecular weight excluding hydrogens is 336 g/mol. The van der Waals surface area contributed by atoms with Crippen LogP contribution in [-0.2, 0) is 28.4 Å². The zero-order valence-corrected chi connectivity index (χ0v) is 15.0. The molecule has 3 rings (SSSR count). The van der Waals surface area contributed by atoms with Gasteiger partial charge < -0.3 is 28.4 Å². The van der Waals surface area contributed by atoms with Crippen LogP contribution in [0.15, 0.2) is 55.6 Å². The average molecular weight is 362 g/mol. The third-order valence-corrected chi connectivity index (χ3v) is 4.40. The molecule has 6 atom stereocenters. The van der Waals surface area contributed by atoms with E-state index in [9.17, 15) is 0 Å². The maximum absolute atomic E-state index is 6.22. The number of ether oxygens (including phenoxy) is 6. The van der Waals surface area contributed by atoms with Gasteiger partial charge in [-0.1, -0.05) is 42.5 Å². The van der Waals surface area contributed by atoms with E-state index < -0.39 is 18.7 Å². The molecule has 1 aromatic carbocycles. The highest BCUT2D eigenvalue weighted by atomic mass is 16.8. The lowest BCUT2D eigenvalue weighted by Gasteiger charge is -2.48. The second-order valence-electron chi connectivity index (χ2n) is 6.13. The van der Waals surface area contributed by atoms with E-state index in [1.165, 1.54) is 0 Å². The van der Waals surface area contributed by atoms with E-state index in [4.69, 9.17) is 28.4 Å². The van der Waals surface area contributed by atoms with Gasteiger partial charge in [0.1, 0.15) is 24.4 Å². The molecule has 2 heterocycles. The minimum Gasteiger partial charge on any atom is -0.368 e. The number of methoxy groups -OCH3 is 1. The van der Waals surface area contributed by atoms with Crippen LogP contribution < -0.4 is 0 Å². The van der Waals surface area contributed by atoms with Crippen LogP contribution in [0.4, 0.5) is 0 Å². The fourth-order valence-electron chi connectivity index (χ4n) is 3.24. The molecule has 26 heavy (non-hydrogen) atoms. The molecule has 142 valence electrons. The summed E-state index contributed by atoms with van der Waals surface area (Å²) in [5.74, 6) is 0. The molecule has 0 unspecified atom stereocenters. The van der Waals surface area contributed by atoms with Crippen LogP contribution in [0.2, 0.25) is 0 Å². The summed E-state index contributed by atoms with van der Waals surface area (Å²) < 4.78 is 35.5. The van der Waals surface area contributed by atoms with E-state index in [2.05, 4.69) is 13.2 Å². The van der Waals surface area contributed by atoms with Crippen LogP contribution in [0.5, 0.6) is 0 Å². The van der Waals surface area contributed by atoms with Crippen molar-refractivity contribution < 1.29 is 28.4 Å². The average Bonchev–Trinajstić information content (AvgIpc) is 2.70. The minimum absolute atomic E-state index is 0.307. The van der Waals surface area contributed by atoms with Crippen molar-refractivity contribution in [3.05, 3.63) is 61.2 Å². The van der Waals surface area contributed by atoms with Crippen molar-refractivity contribution in [2.75, 3.05) is 26.9 Å². The van der Waals surface area contributed by atoms with Gasteiger partial charge in [-0.15, -0.1) is 13.2 Å². The van der Waals surface area contributed by atoms with Gasteiger partial charge >= 0.3 is 0 Å². The standard InChI is InChI=1S/C20H26O6/c1-4-11-22-17-16-15(25-20(21-3)18(17)23-12-5-2)13-24-19(26-16)14-9-7-6-8-10-14/h4-10,15-20H,1-2,11-13H2,3H3/t15-,16-,17+,18+,19-,20+/m1/s1. The Morgan fingerprint density at radius 3 is 2.38 bits per heavy atom. The highest BCUT2D eigenvalue weighted by Gasteiger charge is 2.51. The normalized spacial score (nSPS) is 34.0. The summed E-state index contributed by atoms with van der Waals surface area (Å²) in [6, 6.07) is 9.80. The molecule has 6 nitrogen and oxygen atoms in total. The predicted molar refractivity (Wildman–Crippen MR) is 95.6 cm³/mol. The molecule has 2 aliphatic heterocycles. The molecule has 0 bridgehead atoms. The summed E-state index contributed by atoms with van der Waals surface area (Å²) in [6.45, 7) is 8.54. The van der Waals surface area contributed by atoms with Crippen LogP contribution in [0.1, 0.15) is 11.9 Å². The quantitative estimate of drug-likeness (QED) is 0.663. The Bertz CT molecular complexity index is 577. The smallest absolute Gasteiger partial charge is 0.186 e. The monoisotopic (exact) mass is 362 g/mol. The molecule has 0 aromatic heterocycles. The zero-order valence-electron chi connectivity index (χ0n) is 15.0. The van der Waals surface area contributed by atoms with E-state index in [-0.39, 0.29) is 18.3 Å². The van der Waals surface area contributed by atoms with Crippen molar-refractivity contribution in [3.63, 3.8) is 0 Å². The molecule has 0 N–H and O–H groups in total. The molecular formula is C20H26O6. The summed E-state index contributed by atoms with van der Waals surface area (Å²) in [4.78, 5) is 0. The van der Waals surface area contributed by atoms with Gasteiger partial charge in [0.05, 0.1) is 19.8 Å². The number of hydrogen-bond acceptors (Lipinski definition) is 6. The molecule has 6 heteroatoms. The first-order valence-electron chi connectivity index (χ1n) is 8.73. The Morgan fingerprint density at radius 1 is 1.04 bits per heavy atom. The Hall–Kier alpha value is -1.54. The first kappa shape index (κ1) is 19.2. The molecule has 2 aliphatic rings. The van der Waals surface area contributed by atoms with Gasteiger partial charge in [0, 0.05) is 12.7 Å². The van der Waals surface area contributed by atoms with Gasteiger partial charge in [0.25, 0.3) is 0 Å². The van der Waals surface area contributed by atoms with E-state index in [0.29, 0.717) is 19.8 Å².